The lowest BCUT2D eigenvalue weighted by molar-refractivity contribution is -0.148. The number of ether oxygens (including phenoxy) is 5. The number of Topliss-reactive ketones (excluding diaryl/α,β-unsaturated/α-hetero) is 2. The van der Waals surface area contributed by atoms with Crippen molar-refractivity contribution in [2.75, 3.05) is 101 Å². The van der Waals surface area contributed by atoms with Crippen molar-refractivity contribution in [3.05, 3.63) is 35.9 Å². The number of benzene rings is 1. The van der Waals surface area contributed by atoms with Gasteiger partial charge in [0.25, 0.3) is 0 Å². The Balaban J connectivity index is 2.05. The molecule has 1 aromatic carbocycles. The third-order valence-corrected chi connectivity index (χ3v) is 21.5. The van der Waals surface area contributed by atoms with E-state index in [-0.39, 0.29) is 137 Å². The molecule has 0 saturated carbocycles. The third kappa shape index (κ3) is 36.1. The Morgan fingerprint density at radius 3 is 1.85 bits per heavy atom. The number of carboxylic acid groups (broad SMARTS) is 1. The monoisotopic (exact) mass is 1660 g/mol. The molecular weight excluding hydrogens is 1510 g/mol. The van der Waals surface area contributed by atoms with Crippen molar-refractivity contribution in [2.24, 2.45) is 29.1 Å². The number of likely N-dealkylation sites (N-methyl/N-ethyl adjacent to an activating group) is 2. The van der Waals surface area contributed by atoms with Crippen LogP contribution in [0.25, 0.3) is 0 Å². The molecule has 0 aliphatic carbocycles. The van der Waals surface area contributed by atoms with E-state index < -0.39 is 162 Å². The number of carbonyl (C=O) groups is 14. The zero-order valence-corrected chi connectivity index (χ0v) is 73.7. The summed E-state index contributed by atoms with van der Waals surface area (Å²) in [5.74, 6) is -9.21. The highest BCUT2D eigenvalue weighted by atomic mass is 16.6. The fraction of sp³-hybridized carbons (Fsp3) is 0.759. The summed E-state index contributed by atoms with van der Waals surface area (Å²) in [4.78, 5) is 195. The molecule has 117 heavy (non-hydrogen) atoms. The Morgan fingerprint density at radius 1 is 0.641 bits per heavy atom. The molecule has 1 aliphatic heterocycles. The molecule has 34 heteroatoms. The molecule has 1 saturated heterocycles. The van der Waals surface area contributed by atoms with E-state index in [0.29, 0.717) is 38.8 Å². The first kappa shape index (κ1) is 105. The van der Waals surface area contributed by atoms with Crippen molar-refractivity contribution in [3.63, 3.8) is 0 Å². The largest absolute Gasteiger partial charge is 0.480 e. The number of amides is 10. The van der Waals surface area contributed by atoms with Crippen molar-refractivity contribution in [3.8, 4) is 0 Å². The maximum Gasteiger partial charge on any atom is 0.407 e. The number of esters is 1. The zero-order chi connectivity index (χ0) is 88.9. The van der Waals surface area contributed by atoms with E-state index in [1.807, 2.05) is 87.4 Å². The average Bonchev–Trinajstić information content (AvgIpc) is 1.81. The van der Waals surface area contributed by atoms with Crippen LogP contribution in [0.4, 0.5) is 4.79 Å². The number of nitrogens with one attached hydrogen (secondary N) is 10. The van der Waals surface area contributed by atoms with Gasteiger partial charge in [-0.05, 0) is 116 Å². The molecule has 4 unspecified atom stereocenters. The number of aliphatic carboxylic acids is 1. The van der Waals surface area contributed by atoms with Crippen molar-refractivity contribution in [1.29, 1.82) is 0 Å². The molecule has 2 rings (SSSR count). The minimum atomic E-state index is -1.79. The predicted molar refractivity (Wildman–Crippen MR) is 440 cm³/mol. The summed E-state index contributed by atoms with van der Waals surface area (Å²) in [6.45, 7) is 29.9. The van der Waals surface area contributed by atoms with Crippen molar-refractivity contribution < 1.29 is 101 Å². The summed E-state index contributed by atoms with van der Waals surface area (Å²) < 4.78 is 28.5. The van der Waals surface area contributed by atoms with E-state index in [1.54, 1.807) is 89.6 Å². The highest BCUT2D eigenvalue weighted by Gasteiger charge is 2.45. The minimum absolute atomic E-state index is 0.0175. The molecule has 10 amide bonds. The number of ketones is 2. The molecule has 34 nitrogen and oxygen atoms in total. The van der Waals surface area contributed by atoms with Crippen LogP contribution in [0, 0.1) is 29.1 Å². The maximum atomic E-state index is 14.6. The molecule has 0 aromatic heterocycles. The van der Waals surface area contributed by atoms with Crippen molar-refractivity contribution >= 4 is 82.8 Å². The van der Waals surface area contributed by atoms with Gasteiger partial charge in [0.15, 0.2) is 11.6 Å². The number of hydrogen-bond acceptors (Lipinski definition) is 23. The Kier molecular flexibility index (Phi) is 45.9. The fourth-order valence-corrected chi connectivity index (χ4v) is 13.8. The van der Waals surface area contributed by atoms with Gasteiger partial charge in [0.05, 0.1) is 86.5 Å². The minimum Gasteiger partial charge on any atom is -0.480 e. The van der Waals surface area contributed by atoms with E-state index in [1.165, 1.54) is 21.1 Å². The van der Waals surface area contributed by atoms with Crippen LogP contribution in [0.2, 0.25) is 0 Å². The topological polar surface area (TPSA) is 456 Å². The van der Waals surface area contributed by atoms with Gasteiger partial charge in [-0.2, -0.15) is 0 Å². The quantitative estimate of drug-likeness (QED) is 0.0329. The first-order valence-corrected chi connectivity index (χ1v) is 41.2. The van der Waals surface area contributed by atoms with Gasteiger partial charge in [0.1, 0.15) is 36.8 Å². The molecule has 1 heterocycles. The lowest BCUT2D eigenvalue weighted by atomic mass is 9.88. The Morgan fingerprint density at radius 2 is 1.28 bits per heavy atom. The molecule has 0 radical (unpaired) electrons. The number of carboxylic acids is 1. The number of hydrogen-bond donors (Lipinski definition) is 12. The lowest BCUT2D eigenvalue weighted by Crippen LogP contribution is -2.63. The van der Waals surface area contributed by atoms with Gasteiger partial charge in [-0.25, -0.2) is 14.4 Å². The van der Waals surface area contributed by atoms with E-state index in [2.05, 4.69) is 53.2 Å². The highest BCUT2D eigenvalue weighted by Crippen LogP contribution is 2.31. The number of carbonyl (C=O) groups excluding carboxylic acids is 13. The van der Waals surface area contributed by atoms with Gasteiger partial charge in [0.2, 0.25) is 53.2 Å². The van der Waals surface area contributed by atoms with Gasteiger partial charge in [-0.3, -0.25) is 68.3 Å². The second kappa shape index (κ2) is 51.3. The van der Waals surface area contributed by atoms with Gasteiger partial charge in [-0.15, -0.1) is 0 Å². The number of aliphatic hydroxyl groups is 1. The van der Waals surface area contributed by atoms with Crippen LogP contribution in [0.15, 0.2) is 30.3 Å². The average molecular weight is 1660 g/mol. The maximum absolute atomic E-state index is 14.6. The van der Waals surface area contributed by atoms with E-state index in [4.69, 9.17) is 23.7 Å². The van der Waals surface area contributed by atoms with E-state index in [0.717, 1.165) is 5.56 Å². The van der Waals surface area contributed by atoms with Gasteiger partial charge < -0.3 is 86.2 Å². The molecule has 666 valence electrons. The summed E-state index contributed by atoms with van der Waals surface area (Å²) in [5, 5.41) is 46.9. The normalized spacial score (nSPS) is 17.0. The Bertz CT molecular complexity index is 3370. The molecule has 12 N–H and O–H groups in total. The molecule has 1 aliphatic rings. The standard InChI is InChI=1S/C83H143N13O21/c1-23-53(8)70(95(20)76(108)68(51(4)5)91-75(107)69(52(6)7)94(18)19)61(113-21)47-67(103)96-41-29-33-60(96)71(114-22)54(9)72(104)90-57(45-56-31-27-26-28-32-56)73(105)85-38-30-43-116-78(111)55(10)88-66(102)46-58(77(109)110)89-65(101)35-40-86-79(112)117-49-59(74(106)93-81(14,15)37-42-97)92-83(17,25-3)63(99)48-87-82(16,24-2)62(98)34-39-84-64(100)36-44-115-50-80(11,12)13/h26-28,31-32,51-55,57-61,68-71,87,92,97H,23-25,29-30,33-50H2,1-22H3,(H,84,100)(H,85,105)(H,86,112)(H,88,102)(H,89,101)(H,90,104)(H,91,107)(H,93,106)(H,109,110)/t53-,54+,55-,57-,58-,59-,60-,61+,68?,69?,70-,71+,82?,83?/m0/s1. The summed E-state index contributed by atoms with van der Waals surface area (Å²) in [6, 6.07) is 1.01. The molecule has 1 aromatic rings. The molecule has 1 fully saturated rings. The predicted octanol–water partition coefficient (Wildman–Crippen LogP) is 3.25. The molecule has 14 atom stereocenters. The van der Waals surface area contributed by atoms with Crippen LogP contribution in [-0.2, 0) is 92.4 Å². The number of aliphatic hydroxyl groups excluding tert-OH is 1. The second-order valence-electron chi connectivity index (χ2n) is 33.8. The van der Waals surface area contributed by atoms with Crippen LogP contribution in [0.5, 0.6) is 0 Å². The number of methoxy groups -OCH3 is 2. The molecule has 0 bridgehead atoms. The first-order valence-electron chi connectivity index (χ1n) is 41.2. The molecule has 0 spiro atoms. The summed E-state index contributed by atoms with van der Waals surface area (Å²) >= 11 is 0. The smallest absolute Gasteiger partial charge is 0.407 e. The van der Waals surface area contributed by atoms with Crippen molar-refractivity contribution in [2.45, 2.75) is 278 Å². The van der Waals surface area contributed by atoms with Gasteiger partial charge in [-0.1, -0.05) is 120 Å². The SMILES string of the molecule is CC[C@H](C)[C@@H]([C@@H](CC(=O)N1CCC[C@H]1[C@H](OC)[C@@H](C)C(=O)N[C@@H](Cc1ccccc1)C(=O)NCCCOC(=O)[C@H](C)NC(=O)C[C@H](NC(=O)CCNC(=O)OC[C@H](NC(C)(CC)C(=O)CNC(C)(CC)C(=O)CCNC(=O)CCOCC(C)(C)C)C(=O)NC(C)(C)CCO)C(=O)O)OC)N(C)C(=O)C(NC(=O)C(C(C)C)N(C)C)C(C)C. The van der Waals surface area contributed by atoms with Crippen molar-refractivity contribution in [1.82, 2.24) is 67.9 Å². The zero-order valence-electron chi connectivity index (χ0n) is 73.7. The highest BCUT2D eigenvalue weighted by molar-refractivity contribution is 5.95. The number of rotatable bonds is 56. The fourth-order valence-electron chi connectivity index (χ4n) is 13.8. The van der Waals surface area contributed by atoms with Gasteiger partial charge in [0, 0.05) is 85.3 Å². The Hall–Kier alpha value is -8.28. The molecular formula is C83H143N13O21. The van der Waals surface area contributed by atoms with Crippen LogP contribution in [0.1, 0.15) is 200 Å². The summed E-state index contributed by atoms with van der Waals surface area (Å²) in [6.07, 6.45) is -1.47. The third-order valence-electron chi connectivity index (χ3n) is 21.5. The Labute approximate surface area is 693 Å². The number of alkyl carbamates (subject to hydrolysis) is 1. The van der Waals surface area contributed by atoms with E-state index >= 15 is 0 Å². The van der Waals surface area contributed by atoms with Crippen LogP contribution in [-0.4, -0.2) is 286 Å². The second-order valence-corrected chi connectivity index (χ2v) is 33.8. The first-order chi connectivity index (χ1) is 54.7. The van der Waals surface area contributed by atoms with Crippen LogP contribution < -0.4 is 53.2 Å². The van der Waals surface area contributed by atoms with Gasteiger partial charge >= 0.3 is 18.0 Å². The van der Waals surface area contributed by atoms with E-state index in [9.17, 15) is 77.3 Å². The summed E-state index contributed by atoms with van der Waals surface area (Å²) in [7, 11) is 8.29. The van der Waals surface area contributed by atoms with Crippen LogP contribution in [0.3, 0.4) is 0 Å². The number of nitrogens with zero attached hydrogens (tertiary/aromatic N) is 3. The number of likely N-dealkylation sites (tertiary alicyclic amines) is 1. The lowest BCUT2D eigenvalue weighted by Gasteiger charge is -2.41. The summed E-state index contributed by atoms with van der Waals surface area (Å²) in [5.41, 5.74) is -2.89. The van der Waals surface area contributed by atoms with Crippen LogP contribution >= 0.6 is 0 Å².